The lowest BCUT2D eigenvalue weighted by Crippen LogP contribution is -2.16. The lowest BCUT2D eigenvalue weighted by atomic mass is 10.1. The maximum atomic E-state index is 12.5. The van der Waals surface area contributed by atoms with Gasteiger partial charge >= 0.3 is 0 Å². The Morgan fingerprint density at radius 2 is 2.23 bits per heavy atom. The van der Waals surface area contributed by atoms with E-state index in [9.17, 15) is 8.42 Å². The Morgan fingerprint density at radius 1 is 1.41 bits per heavy atom. The molecule has 1 aromatic heterocycles. The van der Waals surface area contributed by atoms with Gasteiger partial charge < -0.3 is 9.30 Å². The van der Waals surface area contributed by atoms with Gasteiger partial charge in [-0.15, -0.1) is 0 Å². The third-order valence-corrected chi connectivity index (χ3v) is 4.98. The molecule has 0 aliphatic carbocycles. The highest BCUT2D eigenvalue weighted by molar-refractivity contribution is 7.92. The first-order valence-corrected chi connectivity index (χ1v) is 8.81. The minimum Gasteiger partial charge on any atom is -0.491 e. The predicted molar refractivity (Wildman–Crippen MR) is 83.7 cm³/mol. The normalized spacial score (nSPS) is 14.3. The van der Waals surface area contributed by atoms with Crippen molar-refractivity contribution in [2.45, 2.75) is 38.3 Å². The molecule has 1 aliphatic rings. The van der Waals surface area contributed by atoms with Crippen molar-refractivity contribution in [1.29, 1.82) is 0 Å². The molecule has 0 atom stereocenters. The van der Waals surface area contributed by atoms with E-state index in [2.05, 4.69) is 9.71 Å². The Morgan fingerprint density at radius 3 is 2.95 bits per heavy atom. The summed E-state index contributed by atoms with van der Waals surface area (Å²) in [7, 11) is -3.72. The number of sulfonamides is 1. The van der Waals surface area contributed by atoms with Gasteiger partial charge in [0.1, 0.15) is 11.6 Å². The van der Waals surface area contributed by atoms with Gasteiger partial charge in [0.05, 0.1) is 12.3 Å². The standard InChI is InChI=1S/C15H19N3O3S/c1-3-18-10-14(16-11(18)2)22(19,20)17-13-8-4-6-12-7-5-9-21-15(12)13/h4,6,8,10,17H,3,5,7,9H2,1-2H3. The number of aryl methyl sites for hydroxylation is 3. The van der Waals surface area contributed by atoms with Crippen molar-refractivity contribution in [1.82, 2.24) is 9.55 Å². The molecule has 0 saturated heterocycles. The Hall–Kier alpha value is -2.02. The van der Waals surface area contributed by atoms with Crippen molar-refractivity contribution < 1.29 is 13.2 Å². The van der Waals surface area contributed by atoms with Crippen molar-refractivity contribution in [2.24, 2.45) is 0 Å². The largest absolute Gasteiger partial charge is 0.491 e. The SMILES string of the molecule is CCn1cc(S(=O)(=O)Nc2cccc3c2OCCC3)nc1C. The van der Waals surface area contributed by atoms with Crippen LogP contribution in [0.5, 0.6) is 5.75 Å². The fourth-order valence-electron chi connectivity index (χ4n) is 2.60. The van der Waals surface area contributed by atoms with E-state index in [1.165, 1.54) is 0 Å². The summed E-state index contributed by atoms with van der Waals surface area (Å²) in [6.45, 7) is 5.02. The van der Waals surface area contributed by atoms with Crippen LogP contribution in [0.25, 0.3) is 0 Å². The monoisotopic (exact) mass is 321 g/mol. The summed E-state index contributed by atoms with van der Waals surface area (Å²) in [5.74, 6) is 1.30. The first kappa shape index (κ1) is 14.9. The molecule has 6 nitrogen and oxygen atoms in total. The second-order valence-electron chi connectivity index (χ2n) is 5.26. The molecule has 0 radical (unpaired) electrons. The molecule has 0 fully saturated rings. The zero-order valence-electron chi connectivity index (χ0n) is 12.7. The van der Waals surface area contributed by atoms with E-state index in [1.807, 2.05) is 19.1 Å². The van der Waals surface area contributed by atoms with Crippen LogP contribution in [0.1, 0.15) is 24.7 Å². The van der Waals surface area contributed by atoms with E-state index in [0.717, 1.165) is 18.4 Å². The van der Waals surface area contributed by atoms with E-state index in [4.69, 9.17) is 4.74 Å². The summed E-state index contributed by atoms with van der Waals surface area (Å²) in [5.41, 5.74) is 1.50. The lowest BCUT2D eigenvalue weighted by molar-refractivity contribution is 0.290. The fraction of sp³-hybridized carbons (Fsp3) is 0.400. The summed E-state index contributed by atoms with van der Waals surface area (Å²) >= 11 is 0. The molecule has 1 aromatic carbocycles. The summed E-state index contributed by atoms with van der Waals surface area (Å²) < 4.78 is 35.1. The molecule has 22 heavy (non-hydrogen) atoms. The number of benzene rings is 1. The molecule has 2 aromatic rings. The second kappa shape index (κ2) is 5.64. The minimum absolute atomic E-state index is 0.0280. The number of aromatic nitrogens is 2. The molecule has 0 bridgehead atoms. The fourth-order valence-corrected chi connectivity index (χ4v) is 3.67. The number of anilines is 1. The van der Waals surface area contributed by atoms with E-state index < -0.39 is 10.0 Å². The van der Waals surface area contributed by atoms with Crippen LogP contribution < -0.4 is 9.46 Å². The smallest absolute Gasteiger partial charge is 0.281 e. The molecule has 3 rings (SSSR count). The number of imidazole rings is 1. The number of fused-ring (bicyclic) bond motifs is 1. The summed E-state index contributed by atoms with van der Waals surface area (Å²) in [6, 6.07) is 5.51. The minimum atomic E-state index is -3.72. The number of hydrogen-bond acceptors (Lipinski definition) is 4. The summed E-state index contributed by atoms with van der Waals surface area (Å²) in [6.07, 6.45) is 3.39. The van der Waals surface area contributed by atoms with Crippen LogP contribution in [0.15, 0.2) is 29.4 Å². The number of ether oxygens (including phenoxy) is 1. The number of para-hydroxylation sites is 1. The molecule has 0 unspecified atom stereocenters. The average Bonchev–Trinajstić information content (AvgIpc) is 2.89. The molecule has 0 spiro atoms. The molecular formula is C15H19N3O3S. The molecule has 0 amide bonds. The summed E-state index contributed by atoms with van der Waals surface area (Å²) in [5, 5.41) is 0.0280. The highest BCUT2D eigenvalue weighted by Gasteiger charge is 2.22. The molecule has 1 N–H and O–H groups in total. The van der Waals surface area contributed by atoms with Crippen molar-refractivity contribution in [3.63, 3.8) is 0 Å². The van der Waals surface area contributed by atoms with Crippen molar-refractivity contribution >= 4 is 15.7 Å². The van der Waals surface area contributed by atoms with Gasteiger partial charge in [0, 0.05) is 12.7 Å². The number of hydrogen-bond donors (Lipinski definition) is 1. The maximum absolute atomic E-state index is 12.5. The number of rotatable bonds is 4. The van der Waals surface area contributed by atoms with Gasteiger partial charge in [0.2, 0.25) is 0 Å². The van der Waals surface area contributed by atoms with Crippen LogP contribution in [-0.4, -0.2) is 24.6 Å². The highest BCUT2D eigenvalue weighted by Crippen LogP contribution is 2.34. The maximum Gasteiger partial charge on any atom is 0.281 e. The van der Waals surface area contributed by atoms with E-state index in [-0.39, 0.29) is 5.03 Å². The van der Waals surface area contributed by atoms with Gasteiger partial charge in [-0.3, -0.25) is 4.72 Å². The quantitative estimate of drug-likeness (QED) is 0.938. The Kier molecular flexibility index (Phi) is 3.82. The molecular weight excluding hydrogens is 302 g/mol. The molecule has 1 aliphatic heterocycles. The lowest BCUT2D eigenvalue weighted by Gasteiger charge is -2.20. The number of nitrogens with zero attached hydrogens (tertiary/aromatic N) is 2. The van der Waals surface area contributed by atoms with Crippen LogP contribution in [0, 0.1) is 6.92 Å². The molecule has 118 valence electrons. The van der Waals surface area contributed by atoms with Gasteiger partial charge in [-0.1, -0.05) is 12.1 Å². The van der Waals surface area contributed by atoms with Crippen LogP contribution in [0.3, 0.4) is 0 Å². The third-order valence-electron chi connectivity index (χ3n) is 3.75. The van der Waals surface area contributed by atoms with Crippen molar-refractivity contribution in [2.75, 3.05) is 11.3 Å². The van der Waals surface area contributed by atoms with Gasteiger partial charge in [-0.2, -0.15) is 8.42 Å². The van der Waals surface area contributed by atoms with E-state index in [1.54, 1.807) is 23.8 Å². The van der Waals surface area contributed by atoms with Gasteiger partial charge in [-0.05, 0) is 38.3 Å². The van der Waals surface area contributed by atoms with Gasteiger partial charge in [0.15, 0.2) is 5.03 Å². The zero-order valence-corrected chi connectivity index (χ0v) is 13.5. The Bertz CT molecular complexity index is 796. The van der Waals surface area contributed by atoms with Crippen molar-refractivity contribution in [3.8, 4) is 5.75 Å². The van der Waals surface area contributed by atoms with Crippen LogP contribution >= 0.6 is 0 Å². The predicted octanol–water partition coefficient (Wildman–Crippen LogP) is 2.34. The Balaban J connectivity index is 1.94. The Labute approximate surface area is 130 Å². The molecule has 2 heterocycles. The van der Waals surface area contributed by atoms with Crippen molar-refractivity contribution in [3.05, 3.63) is 35.8 Å². The second-order valence-corrected chi connectivity index (χ2v) is 6.89. The average molecular weight is 321 g/mol. The van der Waals surface area contributed by atoms with Crippen LogP contribution in [-0.2, 0) is 23.0 Å². The molecule has 7 heteroatoms. The third kappa shape index (κ3) is 2.68. The van der Waals surface area contributed by atoms with Crippen LogP contribution in [0.4, 0.5) is 5.69 Å². The van der Waals surface area contributed by atoms with Crippen LogP contribution in [0.2, 0.25) is 0 Å². The van der Waals surface area contributed by atoms with E-state index >= 15 is 0 Å². The first-order valence-electron chi connectivity index (χ1n) is 7.32. The number of nitrogens with one attached hydrogen (secondary N) is 1. The summed E-state index contributed by atoms with van der Waals surface area (Å²) in [4.78, 5) is 4.13. The first-order chi connectivity index (χ1) is 10.5. The van der Waals surface area contributed by atoms with E-state index in [0.29, 0.717) is 30.4 Å². The highest BCUT2D eigenvalue weighted by atomic mass is 32.2. The topological polar surface area (TPSA) is 73.2 Å². The zero-order chi connectivity index (χ0) is 15.7. The molecule has 0 saturated carbocycles. The van der Waals surface area contributed by atoms with Gasteiger partial charge in [-0.25, -0.2) is 4.98 Å². The van der Waals surface area contributed by atoms with Gasteiger partial charge in [0.25, 0.3) is 10.0 Å².